The largest absolute Gasteiger partial charge is 0.507 e. The Morgan fingerprint density at radius 2 is 1.62 bits per heavy atom. The third kappa shape index (κ3) is 1.44. The Hall–Kier alpha value is -1.92. The number of rotatable bonds is 1. The number of nitrogen functional groups attached to an aromatic ring is 1. The zero-order chi connectivity index (χ0) is 11.9. The summed E-state index contributed by atoms with van der Waals surface area (Å²) < 4.78 is 0. The summed E-state index contributed by atoms with van der Waals surface area (Å²) in [5.74, 6) is -0.298. The lowest BCUT2D eigenvalue weighted by molar-refractivity contribution is 0.425. The fourth-order valence-corrected chi connectivity index (χ4v) is 1.69. The SMILES string of the molecule is Nc1c2ccc(B(O)O)c1C(O)=CC=C2O. The van der Waals surface area contributed by atoms with E-state index in [0.29, 0.717) is 5.56 Å². The Bertz CT molecular complexity index is 508. The molecule has 0 saturated carbocycles. The molecule has 1 aromatic carbocycles. The van der Waals surface area contributed by atoms with Gasteiger partial charge in [-0.2, -0.15) is 0 Å². The van der Waals surface area contributed by atoms with Gasteiger partial charge >= 0.3 is 7.12 Å². The van der Waals surface area contributed by atoms with Gasteiger partial charge in [-0.3, -0.25) is 0 Å². The highest BCUT2D eigenvalue weighted by molar-refractivity contribution is 6.60. The van der Waals surface area contributed by atoms with Gasteiger partial charge in [-0.1, -0.05) is 6.07 Å². The molecule has 1 aliphatic carbocycles. The lowest BCUT2D eigenvalue weighted by Gasteiger charge is -2.12. The van der Waals surface area contributed by atoms with E-state index in [0.717, 1.165) is 0 Å². The molecule has 2 bridgehead atoms. The van der Waals surface area contributed by atoms with Crippen molar-refractivity contribution >= 4 is 29.8 Å². The van der Waals surface area contributed by atoms with Crippen LogP contribution in [0.2, 0.25) is 0 Å². The zero-order valence-corrected chi connectivity index (χ0v) is 8.25. The minimum absolute atomic E-state index is 0.0817. The highest BCUT2D eigenvalue weighted by Gasteiger charge is 2.24. The number of benzene rings is 1. The van der Waals surface area contributed by atoms with Crippen LogP contribution in [0.3, 0.4) is 0 Å². The standard InChI is InChI=1S/C10H10BNO4/c12-10-5-1-2-6(11(15)16)9(10)8(14)4-3-7(5)13/h1-4,13-16H,12H2. The van der Waals surface area contributed by atoms with Crippen LogP contribution in [0.1, 0.15) is 11.1 Å². The maximum Gasteiger partial charge on any atom is 0.489 e. The number of nitrogens with two attached hydrogens (primary N) is 1. The number of allylic oxidation sites excluding steroid dienone is 2. The molecule has 0 aromatic heterocycles. The Morgan fingerprint density at radius 3 is 2.25 bits per heavy atom. The van der Waals surface area contributed by atoms with E-state index in [2.05, 4.69) is 0 Å². The first-order valence-corrected chi connectivity index (χ1v) is 4.61. The summed E-state index contributed by atoms with van der Waals surface area (Å²) in [6.45, 7) is 0. The van der Waals surface area contributed by atoms with Gasteiger partial charge in [0.2, 0.25) is 0 Å². The zero-order valence-electron chi connectivity index (χ0n) is 8.25. The second-order valence-electron chi connectivity index (χ2n) is 3.47. The van der Waals surface area contributed by atoms with Crippen LogP contribution in [0.25, 0.3) is 11.5 Å². The van der Waals surface area contributed by atoms with E-state index in [1.54, 1.807) is 0 Å². The Balaban J connectivity index is 2.78. The molecule has 6 N–H and O–H groups in total. The van der Waals surface area contributed by atoms with Crippen LogP contribution in [-0.2, 0) is 0 Å². The minimum atomic E-state index is -1.73. The predicted molar refractivity (Wildman–Crippen MR) is 61.9 cm³/mol. The Labute approximate surface area is 91.9 Å². The molecule has 0 radical (unpaired) electrons. The van der Waals surface area contributed by atoms with Gasteiger partial charge in [0.05, 0.1) is 5.69 Å². The summed E-state index contributed by atoms with van der Waals surface area (Å²) in [6, 6.07) is 2.86. The molecule has 0 unspecified atom stereocenters. The van der Waals surface area contributed by atoms with E-state index in [1.165, 1.54) is 24.3 Å². The van der Waals surface area contributed by atoms with Crippen LogP contribution in [-0.4, -0.2) is 27.4 Å². The second kappa shape index (κ2) is 3.59. The average Bonchev–Trinajstić information content (AvgIpc) is 2.31. The van der Waals surface area contributed by atoms with Gasteiger partial charge in [0, 0.05) is 11.1 Å². The van der Waals surface area contributed by atoms with E-state index in [4.69, 9.17) is 15.8 Å². The monoisotopic (exact) mass is 219 g/mol. The van der Waals surface area contributed by atoms with Crippen LogP contribution >= 0.6 is 0 Å². The van der Waals surface area contributed by atoms with E-state index in [1.807, 2.05) is 0 Å². The van der Waals surface area contributed by atoms with Crippen molar-refractivity contribution < 1.29 is 20.3 Å². The summed E-state index contributed by atoms with van der Waals surface area (Å²) in [7, 11) is -1.73. The van der Waals surface area contributed by atoms with Crippen molar-refractivity contribution in [2.75, 3.05) is 5.73 Å². The molecule has 1 aliphatic rings. The molecule has 0 amide bonds. The van der Waals surface area contributed by atoms with E-state index in [9.17, 15) is 10.2 Å². The second-order valence-corrected chi connectivity index (χ2v) is 3.47. The number of aliphatic hydroxyl groups excluding tert-OH is 2. The number of aliphatic hydroxyl groups is 2. The first-order valence-electron chi connectivity index (χ1n) is 4.61. The maximum atomic E-state index is 9.69. The number of anilines is 1. The summed E-state index contributed by atoms with van der Waals surface area (Å²) in [4.78, 5) is 0. The molecule has 0 spiro atoms. The molecule has 16 heavy (non-hydrogen) atoms. The molecule has 0 aliphatic heterocycles. The van der Waals surface area contributed by atoms with Gasteiger partial charge in [-0.05, 0) is 23.7 Å². The third-order valence-electron chi connectivity index (χ3n) is 2.49. The van der Waals surface area contributed by atoms with Crippen molar-refractivity contribution in [2.45, 2.75) is 0 Å². The van der Waals surface area contributed by atoms with Crippen LogP contribution in [0, 0.1) is 0 Å². The van der Waals surface area contributed by atoms with E-state index < -0.39 is 7.12 Å². The van der Waals surface area contributed by atoms with Crippen molar-refractivity contribution in [3.8, 4) is 0 Å². The third-order valence-corrected chi connectivity index (χ3v) is 2.49. The van der Waals surface area contributed by atoms with Crippen LogP contribution in [0.5, 0.6) is 0 Å². The Morgan fingerprint density at radius 1 is 1.00 bits per heavy atom. The van der Waals surface area contributed by atoms with Crippen molar-refractivity contribution in [3.63, 3.8) is 0 Å². The first-order chi connectivity index (χ1) is 7.52. The summed E-state index contributed by atoms with van der Waals surface area (Å²) in [5.41, 5.74) is 6.43. The highest BCUT2D eigenvalue weighted by atomic mass is 16.4. The summed E-state index contributed by atoms with van der Waals surface area (Å²) in [5, 5.41) is 37.5. The van der Waals surface area contributed by atoms with Gasteiger partial charge in [0.25, 0.3) is 0 Å². The van der Waals surface area contributed by atoms with E-state index in [-0.39, 0.29) is 28.2 Å². The van der Waals surface area contributed by atoms with Gasteiger partial charge in [-0.15, -0.1) is 0 Å². The van der Waals surface area contributed by atoms with Crippen LogP contribution in [0.4, 0.5) is 5.69 Å². The highest BCUT2D eigenvalue weighted by Crippen LogP contribution is 2.29. The number of hydrogen-bond donors (Lipinski definition) is 5. The van der Waals surface area contributed by atoms with E-state index >= 15 is 0 Å². The quantitative estimate of drug-likeness (QED) is 0.331. The van der Waals surface area contributed by atoms with Crippen molar-refractivity contribution in [2.24, 2.45) is 0 Å². The van der Waals surface area contributed by atoms with Gasteiger partial charge in [0.15, 0.2) is 0 Å². The molecule has 0 atom stereocenters. The smallest absolute Gasteiger partial charge is 0.489 e. The molecule has 0 heterocycles. The molecular formula is C10H10BNO4. The fourth-order valence-electron chi connectivity index (χ4n) is 1.69. The van der Waals surface area contributed by atoms with Gasteiger partial charge in [0.1, 0.15) is 11.5 Å². The predicted octanol–water partition coefficient (Wildman–Crippen LogP) is -0.240. The number of fused-ring (bicyclic) bond motifs is 2. The van der Waals surface area contributed by atoms with Gasteiger partial charge < -0.3 is 26.0 Å². The van der Waals surface area contributed by atoms with Crippen LogP contribution in [0.15, 0.2) is 24.3 Å². The first kappa shape index (κ1) is 10.6. The molecule has 2 rings (SSSR count). The summed E-state index contributed by atoms with van der Waals surface area (Å²) >= 11 is 0. The fraction of sp³-hybridized carbons (Fsp3) is 0. The lowest BCUT2D eigenvalue weighted by atomic mass is 9.75. The lowest BCUT2D eigenvalue weighted by Crippen LogP contribution is -2.33. The molecular weight excluding hydrogens is 209 g/mol. The summed E-state index contributed by atoms with van der Waals surface area (Å²) in [6.07, 6.45) is 2.54. The topological polar surface area (TPSA) is 107 Å². The molecule has 0 saturated heterocycles. The maximum absolute atomic E-state index is 9.69. The van der Waals surface area contributed by atoms with Crippen molar-refractivity contribution in [1.29, 1.82) is 0 Å². The van der Waals surface area contributed by atoms with Crippen molar-refractivity contribution in [3.05, 3.63) is 35.4 Å². The molecule has 0 fully saturated rings. The van der Waals surface area contributed by atoms with Crippen molar-refractivity contribution in [1.82, 2.24) is 0 Å². The molecule has 1 aromatic rings. The normalized spacial score (nSPS) is 13.9. The Kier molecular flexibility index (Phi) is 2.38. The minimum Gasteiger partial charge on any atom is -0.507 e. The average molecular weight is 219 g/mol. The molecule has 5 nitrogen and oxygen atoms in total. The molecule has 82 valence electrons. The van der Waals surface area contributed by atoms with Gasteiger partial charge in [-0.25, -0.2) is 0 Å². The molecule has 6 heteroatoms. The van der Waals surface area contributed by atoms with Crippen LogP contribution < -0.4 is 11.2 Å². The number of hydrogen-bond acceptors (Lipinski definition) is 5.